The maximum absolute atomic E-state index is 14.5. The third-order valence-corrected chi connectivity index (χ3v) is 4.66. The number of hydrogen-bond donors (Lipinski definition) is 2. The summed E-state index contributed by atoms with van der Waals surface area (Å²) in [5, 5.41) is 13.8. The summed E-state index contributed by atoms with van der Waals surface area (Å²) in [6, 6.07) is 7.55. The summed E-state index contributed by atoms with van der Waals surface area (Å²) in [5.74, 6) is -3.11. The van der Waals surface area contributed by atoms with Crippen LogP contribution in [0.2, 0.25) is 0 Å². The van der Waals surface area contributed by atoms with Gasteiger partial charge in [0.25, 0.3) is 0 Å². The van der Waals surface area contributed by atoms with Gasteiger partial charge in [-0.2, -0.15) is 18.3 Å². The van der Waals surface area contributed by atoms with E-state index in [9.17, 15) is 32.3 Å². The number of carboxylic acid groups (broad SMARTS) is 1. The second-order valence-electron chi connectivity index (χ2n) is 6.62. The number of nitrogens with zero attached hydrogens (tertiary/aromatic N) is 3. The number of aromatic nitrogens is 3. The van der Waals surface area contributed by atoms with Crippen molar-refractivity contribution in [2.75, 3.05) is 0 Å². The molecule has 0 fully saturated rings. The lowest BCUT2D eigenvalue weighted by atomic mass is 10.1. The van der Waals surface area contributed by atoms with Crippen LogP contribution in [0.1, 0.15) is 26.4 Å². The average Bonchev–Trinajstić information content (AvgIpc) is 3.30. The van der Waals surface area contributed by atoms with Gasteiger partial charge in [0.2, 0.25) is 5.91 Å². The van der Waals surface area contributed by atoms with Crippen LogP contribution in [0.5, 0.6) is 0 Å². The molecule has 0 radical (unpaired) electrons. The van der Waals surface area contributed by atoms with Crippen LogP contribution < -0.4 is 5.73 Å². The predicted molar refractivity (Wildman–Crippen MR) is 101 cm³/mol. The molecule has 4 aromatic rings. The lowest BCUT2D eigenvalue weighted by Crippen LogP contribution is -2.12. The number of fused-ring (bicyclic) bond motifs is 1. The van der Waals surface area contributed by atoms with Crippen molar-refractivity contribution >= 4 is 22.8 Å². The number of nitrogens with two attached hydrogens (primary N) is 1. The standard InChI is InChI=1S/C20H12F4N4O3/c21-14-6-10(18(25)29)1-3-16(14)27-9-13(7-17(27)19(30)31)28-15-4-2-12(20(22,23)24)5-11(15)8-26-28/h1-9H,(H2,25,29)(H,30,31). The van der Waals surface area contributed by atoms with Gasteiger partial charge in [0, 0.05) is 17.1 Å². The number of carboxylic acids is 1. The molecule has 158 valence electrons. The molecule has 0 saturated heterocycles. The molecule has 11 heteroatoms. The molecule has 2 heterocycles. The van der Waals surface area contributed by atoms with Crippen molar-refractivity contribution in [2.24, 2.45) is 5.73 Å². The number of benzene rings is 2. The number of hydrogen-bond acceptors (Lipinski definition) is 3. The van der Waals surface area contributed by atoms with E-state index in [4.69, 9.17) is 5.73 Å². The summed E-state index contributed by atoms with van der Waals surface area (Å²) in [5.41, 5.74) is 4.18. The van der Waals surface area contributed by atoms with Crippen LogP contribution in [-0.2, 0) is 6.18 Å². The van der Waals surface area contributed by atoms with Crippen molar-refractivity contribution in [1.82, 2.24) is 14.3 Å². The van der Waals surface area contributed by atoms with E-state index in [1.807, 2.05) is 0 Å². The summed E-state index contributed by atoms with van der Waals surface area (Å²) in [7, 11) is 0. The second-order valence-corrected chi connectivity index (χ2v) is 6.62. The van der Waals surface area contributed by atoms with Crippen LogP contribution >= 0.6 is 0 Å². The van der Waals surface area contributed by atoms with Crippen molar-refractivity contribution in [2.45, 2.75) is 6.18 Å². The van der Waals surface area contributed by atoms with Crippen LogP contribution in [0.25, 0.3) is 22.3 Å². The summed E-state index contributed by atoms with van der Waals surface area (Å²) < 4.78 is 55.6. The van der Waals surface area contributed by atoms with Gasteiger partial charge in [0.15, 0.2) is 0 Å². The quantitative estimate of drug-likeness (QED) is 0.479. The molecule has 31 heavy (non-hydrogen) atoms. The first-order chi connectivity index (χ1) is 14.6. The van der Waals surface area contributed by atoms with Gasteiger partial charge in [-0.15, -0.1) is 0 Å². The number of aromatic carboxylic acids is 1. The number of carbonyl (C=O) groups excluding carboxylic acids is 1. The first-order valence-electron chi connectivity index (χ1n) is 8.67. The van der Waals surface area contributed by atoms with Crippen molar-refractivity contribution < 1.29 is 32.3 Å². The molecule has 0 saturated carbocycles. The minimum absolute atomic E-state index is 0.0935. The van der Waals surface area contributed by atoms with Gasteiger partial charge in [-0.25, -0.2) is 13.9 Å². The Balaban J connectivity index is 1.85. The Labute approximate surface area is 170 Å². The lowest BCUT2D eigenvalue weighted by molar-refractivity contribution is -0.137. The number of amides is 1. The zero-order valence-corrected chi connectivity index (χ0v) is 15.4. The van der Waals surface area contributed by atoms with E-state index in [2.05, 4.69) is 5.10 Å². The molecule has 0 aliphatic heterocycles. The van der Waals surface area contributed by atoms with Gasteiger partial charge in [-0.1, -0.05) is 0 Å². The van der Waals surface area contributed by atoms with Crippen molar-refractivity contribution in [1.29, 1.82) is 0 Å². The van der Waals surface area contributed by atoms with Crippen LogP contribution in [0.15, 0.2) is 54.9 Å². The Morgan fingerprint density at radius 3 is 2.42 bits per heavy atom. The summed E-state index contributed by atoms with van der Waals surface area (Å²) in [6.45, 7) is 0. The average molecular weight is 432 g/mol. The Bertz CT molecular complexity index is 1350. The fourth-order valence-corrected chi connectivity index (χ4v) is 3.20. The van der Waals surface area contributed by atoms with E-state index in [1.54, 1.807) is 0 Å². The first kappa shape index (κ1) is 20.1. The molecule has 1 amide bonds. The molecule has 0 spiro atoms. The minimum Gasteiger partial charge on any atom is -0.477 e. The van der Waals surface area contributed by atoms with Gasteiger partial charge in [-0.05, 0) is 42.5 Å². The highest BCUT2D eigenvalue weighted by atomic mass is 19.4. The molecule has 2 aromatic heterocycles. The SMILES string of the molecule is NC(=O)c1ccc(-n2cc(-n3ncc4cc(C(F)(F)F)ccc43)cc2C(=O)O)c(F)c1. The molecule has 2 aromatic carbocycles. The lowest BCUT2D eigenvalue weighted by Gasteiger charge is -2.08. The summed E-state index contributed by atoms with van der Waals surface area (Å²) in [4.78, 5) is 22.9. The minimum atomic E-state index is -4.52. The highest BCUT2D eigenvalue weighted by Crippen LogP contribution is 2.32. The molecule has 0 aliphatic carbocycles. The largest absolute Gasteiger partial charge is 0.477 e. The van der Waals surface area contributed by atoms with Crippen LogP contribution in [-0.4, -0.2) is 31.3 Å². The van der Waals surface area contributed by atoms with E-state index >= 15 is 0 Å². The molecular weight excluding hydrogens is 420 g/mol. The van der Waals surface area contributed by atoms with E-state index in [0.717, 1.165) is 22.8 Å². The topological polar surface area (TPSA) is 103 Å². The summed E-state index contributed by atoms with van der Waals surface area (Å²) in [6.07, 6.45) is -2.04. The van der Waals surface area contributed by atoms with Gasteiger partial charge in [0.1, 0.15) is 11.5 Å². The number of halogens is 4. The zero-order valence-electron chi connectivity index (χ0n) is 15.4. The molecule has 0 aliphatic rings. The first-order valence-corrected chi connectivity index (χ1v) is 8.67. The molecule has 0 atom stereocenters. The van der Waals surface area contributed by atoms with Crippen molar-refractivity contribution in [3.05, 3.63) is 77.5 Å². The van der Waals surface area contributed by atoms with Crippen molar-refractivity contribution in [3.8, 4) is 11.4 Å². The zero-order chi connectivity index (χ0) is 22.5. The van der Waals surface area contributed by atoms with Gasteiger partial charge in [0.05, 0.1) is 28.7 Å². The highest BCUT2D eigenvalue weighted by Gasteiger charge is 2.31. The Morgan fingerprint density at radius 2 is 1.81 bits per heavy atom. The molecule has 4 rings (SSSR count). The number of primary amides is 1. The second kappa shape index (κ2) is 6.97. The maximum Gasteiger partial charge on any atom is 0.416 e. The molecular formula is C20H12F4N4O3. The van der Waals surface area contributed by atoms with Crippen molar-refractivity contribution in [3.63, 3.8) is 0 Å². The molecule has 0 unspecified atom stereocenters. The third-order valence-electron chi connectivity index (χ3n) is 4.66. The summed E-state index contributed by atoms with van der Waals surface area (Å²) >= 11 is 0. The fourth-order valence-electron chi connectivity index (χ4n) is 3.20. The third kappa shape index (κ3) is 3.50. The molecule has 3 N–H and O–H groups in total. The van der Waals surface area contributed by atoms with Crippen LogP contribution in [0, 0.1) is 5.82 Å². The van der Waals surface area contributed by atoms with Crippen LogP contribution in [0.3, 0.4) is 0 Å². The van der Waals surface area contributed by atoms with Gasteiger partial charge in [-0.3, -0.25) is 4.79 Å². The number of rotatable bonds is 4. The van der Waals surface area contributed by atoms with E-state index < -0.39 is 29.4 Å². The number of carbonyl (C=O) groups is 2. The van der Waals surface area contributed by atoms with E-state index in [1.165, 1.54) is 41.3 Å². The van der Waals surface area contributed by atoms with E-state index in [0.29, 0.717) is 5.52 Å². The normalized spacial score (nSPS) is 11.7. The van der Waals surface area contributed by atoms with E-state index in [-0.39, 0.29) is 28.0 Å². The Kier molecular flexibility index (Phi) is 4.53. The van der Waals surface area contributed by atoms with Gasteiger partial charge >= 0.3 is 12.1 Å². The monoisotopic (exact) mass is 432 g/mol. The Morgan fingerprint density at radius 1 is 1.06 bits per heavy atom. The number of alkyl halides is 3. The molecule has 7 nitrogen and oxygen atoms in total. The molecule has 0 bridgehead atoms. The fraction of sp³-hybridized carbons (Fsp3) is 0.0500. The Hall–Kier alpha value is -4.15. The smallest absolute Gasteiger partial charge is 0.416 e. The maximum atomic E-state index is 14.5. The van der Waals surface area contributed by atoms with Crippen LogP contribution in [0.4, 0.5) is 17.6 Å². The predicted octanol–water partition coefficient (Wildman–Crippen LogP) is 3.77. The van der Waals surface area contributed by atoms with Gasteiger partial charge < -0.3 is 15.4 Å². The highest BCUT2D eigenvalue weighted by molar-refractivity contribution is 5.93.